The van der Waals surface area contributed by atoms with Crippen molar-refractivity contribution in [2.75, 3.05) is 25.5 Å². The number of anilines is 1. The van der Waals surface area contributed by atoms with Crippen LogP contribution in [0.25, 0.3) is 10.8 Å². The van der Waals surface area contributed by atoms with Crippen molar-refractivity contribution in [3.05, 3.63) is 72.3 Å². The molecule has 0 fully saturated rings. The van der Waals surface area contributed by atoms with Gasteiger partial charge in [0, 0.05) is 30.2 Å². The summed E-state index contributed by atoms with van der Waals surface area (Å²) in [4.78, 5) is 60.8. The lowest BCUT2D eigenvalue weighted by Gasteiger charge is -2.24. The van der Waals surface area contributed by atoms with Crippen LogP contribution in [0, 0.1) is 0 Å². The lowest BCUT2D eigenvalue weighted by Crippen LogP contribution is -2.55. The van der Waals surface area contributed by atoms with E-state index in [4.69, 9.17) is 32.4 Å². The van der Waals surface area contributed by atoms with Crippen molar-refractivity contribution in [2.45, 2.75) is 57.3 Å². The third-order valence-electron chi connectivity index (χ3n) is 7.41. The topological polar surface area (TPSA) is 264 Å². The molecule has 50 heavy (non-hydrogen) atoms. The van der Waals surface area contributed by atoms with Crippen molar-refractivity contribution in [3.8, 4) is 5.75 Å². The van der Waals surface area contributed by atoms with E-state index < -0.39 is 41.9 Å². The van der Waals surface area contributed by atoms with Crippen LogP contribution < -0.4 is 48.9 Å². The summed E-state index contributed by atoms with van der Waals surface area (Å²) in [5, 5.41) is 12.4. The lowest BCUT2D eigenvalue weighted by atomic mass is 10.1. The number of nitrogens with one attached hydrogen (secondary N) is 4. The molecule has 3 aromatic carbocycles. The minimum absolute atomic E-state index is 0.00938. The summed E-state index contributed by atoms with van der Waals surface area (Å²) in [6.45, 7) is 1.86. The number of alkyl carbamates (subject to hydrolysis) is 1. The first-order valence-electron chi connectivity index (χ1n) is 16.0. The first kappa shape index (κ1) is 38.4. The smallest absolute Gasteiger partial charge is 0.408 e. The van der Waals surface area contributed by atoms with Crippen LogP contribution >= 0.6 is 0 Å². The predicted molar refractivity (Wildman–Crippen MR) is 192 cm³/mol. The van der Waals surface area contributed by atoms with Gasteiger partial charge in [0.25, 0.3) is 0 Å². The number of methoxy groups -OCH3 is 1. The molecule has 0 spiro atoms. The zero-order valence-electron chi connectivity index (χ0n) is 28.2. The van der Waals surface area contributed by atoms with Gasteiger partial charge in [-0.3, -0.25) is 24.4 Å². The number of guanidine groups is 2. The molecule has 3 rings (SSSR count). The normalized spacial score (nSPS) is 12.4. The summed E-state index contributed by atoms with van der Waals surface area (Å²) in [7, 11) is 1.53. The molecule has 268 valence electrons. The molecule has 0 saturated carbocycles. The van der Waals surface area contributed by atoms with Crippen LogP contribution in [0.3, 0.4) is 0 Å². The molecule has 0 saturated heterocycles. The van der Waals surface area contributed by atoms with Gasteiger partial charge in [0.05, 0.1) is 7.11 Å². The van der Waals surface area contributed by atoms with Gasteiger partial charge in [-0.25, -0.2) is 4.79 Å². The molecule has 3 aromatic rings. The Morgan fingerprint density at radius 2 is 1.32 bits per heavy atom. The number of rotatable bonds is 18. The Labute approximate surface area is 290 Å². The molecule has 0 aliphatic heterocycles. The zero-order valence-corrected chi connectivity index (χ0v) is 28.2. The molecule has 0 radical (unpaired) electrons. The van der Waals surface area contributed by atoms with Crippen molar-refractivity contribution >= 4 is 52.2 Å². The highest BCUT2D eigenvalue weighted by atomic mass is 16.5. The fraction of sp³-hybridized carbons (Fsp3) is 0.353. The van der Waals surface area contributed by atoms with Gasteiger partial charge in [0.2, 0.25) is 17.7 Å². The number of fused-ring (bicyclic) bond motifs is 1. The number of nitrogens with two attached hydrogens (primary N) is 4. The number of hydrogen-bond acceptors (Lipinski definition) is 8. The van der Waals surface area contributed by atoms with Gasteiger partial charge < -0.3 is 53.7 Å². The SMILES string of the molecule is COc1cc(NC(=O)C(CCCN=C(N)N)NC(=O)C(CCCN=C(N)N)NC(=O)C(C)NC(=O)OCc2ccccc2)cc2ccccc12. The molecule has 0 heterocycles. The Bertz CT molecular complexity index is 1660. The second-order valence-corrected chi connectivity index (χ2v) is 11.3. The maximum absolute atomic E-state index is 13.7. The van der Waals surface area contributed by atoms with Gasteiger partial charge in [0.15, 0.2) is 11.9 Å². The van der Waals surface area contributed by atoms with Crippen molar-refractivity contribution < 1.29 is 28.7 Å². The largest absolute Gasteiger partial charge is 0.496 e. The first-order valence-corrected chi connectivity index (χ1v) is 16.0. The van der Waals surface area contributed by atoms with Crippen LogP contribution in [0.2, 0.25) is 0 Å². The lowest BCUT2D eigenvalue weighted by molar-refractivity contribution is -0.131. The molecular weight excluding hydrogens is 644 g/mol. The molecule has 4 amide bonds. The summed E-state index contributed by atoms with van der Waals surface area (Å²) in [5.74, 6) is -1.47. The number of amides is 4. The summed E-state index contributed by atoms with van der Waals surface area (Å²) in [6.07, 6.45) is 0.135. The van der Waals surface area contributed by atoms with E-state index in [2.05, 4.69) is 31.3 Å². The number of benzene rings is 3. The van der Waals surface area contributed by atoms with E-state index >= 15 is 0 Å². The summed E-state index contributed by atoms with van der Waals surface area (Å²) >= 11 is 0. The highest BCUT2D eigenvalue weighted by Gasteiger charge is 2.28. The van der Waals surface area contributed by atoms with Gasteiger partial charge in [-0.1, -0.05) is 54.6 Å². The number of carbonyl (C=O) groups excluding carboxylic acids is 4. The van der Waals surface area contributed by atoms with Crippen LogP contribution in [-0.4, -0.2) is 74.1 Å². The van der Waals surface area contributed by atoms with E-state index in [1.807, 2.05) is 42.5 Å². The summed E-state index contributed by atoms with van der Waals surface area (Å²) in [5.41, 5.74) is 23.0. The minimum atomic E-state index is -1.12. The Hall–Kier alpha value is -6.06. The van der Waals surface area contributed by atoms with Crippen LogP contribution in [0.4, 0.5) is 10.5 Å². The average Bonchev–Trinajstić information content (AvgIpc) is 3.09. The fourth-order valence-electron chi connectivity index (χ4n) is 4.87. The third kappa shape index (κ3) is 12.9. The number of nitrogens with zero attached hydrogens (tertiary/aromatic N) is 2. The molecule has 16 heteroatoms. The average molecular weight is 691 g/mol. The Balaban J connectivity index is 1.74. The molecular formula is C34H46N10O6. The molecule has 0 aliphatic rings. The van der Waals surface area contributed by atoms with E-state index in [0.717, 1.165) is 16.3 Å². The van der Waals surface area contributed by atoms with E-state index in [9.17, 15) is 19.2 Å². The quantitative estimate of drug-likeness (QED) is 0.0537. The molecule has 0 aromatic heterocycles. The van der Waals surface area contributed by atoms with Gasteiger partial charge in [-0.05, 0) is 49.6 Å². The van der Waals surface area contributed by atoms with Crippen molar-refractivity contribution in [1.29, 1.82) is 0 Å². The van der Waals surface area contributed by atoms with Crippen LogP contribution in [0.15, 0.2) is 76.7 Å². The van der Waals surface area contributed by atoms with Crippen molar-refractivity contribution in [2.24, 2.45) is 32.9 Å². The third-order valence-corrected chi connectivity index (χ3v) is 7.41. The van der Waals surface area contributed by atoms with E-state index in [0.29, 0.717) is 24.3 Å². The molecule has 12 N–H and O–H groups in total. The van der Waals surface area contributed by atoms with Gasteiger partial charge in [-0.15, -0.1) is 0 Å². The number of hydrogen-bond donors (Lipinski definition) is 8. The summed E-state index contributed by atoms with van der Waals surface area (Å²) in [6, 6.07) is 16.8. The van der Waals surface area contributed by atoms with Gasteiger partial charge in [-0.2, -0.15) is 0 Å². The van der Waals surface area contributed by atoms with Gasteiger partial charge >= 0.3 is 6.09 Å². The van der Waals surface area contributed by atoms with Crippen molar-refractivity contribution in [3.63, 3.8) is 0 Å². The van der Waals surface area contributed by atoms with Crippen LogP contribution in [0.1, 0.15) is 38.2 Å². The Morgan fingerprint density at radius 1 is 0.740 bits per heavy atom. The van der Waals surface area contributed by atoms with Crippen LogP contribution in [0.5, 0.6) is 5.75 Å². The zero-order chi connectivity index (χ0) is 36.5. The maximum Gasteiger partial charge on any atom is 0.408 e. The van der Waals surface area contributed by atoms with Crippen LogP contribution in [-0.2, 0) is 25.7 Å². The monoisotopic (exact) mass is 690 g/mol. The number of aliphatic imine (C=N–C) groups is 2. The Kier molecular flexibility index (Phi) is 15.1. The molecule has 0 aliphatic carbocycles. The molecule has 3 unspecified atom stereocenters. The molecule has 0 bridgehead atoms. The standard InChI is InChI=1S/C34H46N10O6/c1-21(41-34(48)50-20-22-10-4-3-5-11-22)29(45)43-27(15-9-17-40-33(37)38)31(47)44-26(14-8-16-39-32(35)36)30(46)42-24-18-23-12-6-7-13-25(23)28(19-24)49-2/h3-7,10-13,18-19,21,26-27H,8-9,14-17,20H2,1-2H3,(H,41,48)(H,42,46)(H,43,45)(H,44,47)(H4,35,36,39)(H4,37,38,40). The fourth-order valence-corrected chi connectivity index (χ4v) is 4.87. The van der Waals surface area contributed by atoms with Crippen molar-refractivity contribution in [1.82, 2.24) is 16.0 Å². The van der Waals surface area contributed by atoms with E-state index in [1.54, 1.807) is 24.3 Å². The molecule has 3 atom stereocenters. The maximum atomic E-state index is 13.7. The second-order valence-electron chi connectivity index (χ2n) is 11.3. The predicted octanol–water partition coefficient (Wildman–Crippen LogP) is 1.18. The van der Waals surface area contributed by atoms with E-state index in [1.165, 1.54) is 14.0 Å². The number of ether oxygens (including phenoxy) is 2. The highest BCUT2D eigenvalue weighted by molar-refractivity contribution is 6.01. The Morgan fingerprint density at radius 3 is 1.94 bits per heavy atom. The van der Waals surface area contributed by atoms with E-state index in [-0.39, 0.29) is 44.5 Å². The molecule has 16 nitrogen and oxygen atoms in total. The minimum Gasteiger partial charge on any atom is -0.496 e. The summed E-state index contributed by atoms with van der Waals surface area (Å²) < 4.78 is 10.7. The number of carbonyl (C=O) groups is 4. The highest BCUT2D eigenvalue weighted by Crippen LogP contribution is 2.30. The second kappa shape index (κ2) is 19.7. The first-order chi connectivity index (χ1) is 24.0. The van der Waals surface area contributed by atoms with Gasteiger partial charge in [0.1, 0.15) is 30.5 Å².